The van der Waals surface area contributed by atoms with Crippen molar-refractivity contribution >= 4 is 17.2 Å². The van der Waals surface area contributed by atoms with E-state index in [0.29, 0.717) is 11.3 Å². The lowest BCUT2D eigenvalue weighted by Crippen LogP contribution is -2.04. The summed E-state index contributed by atoms with van der Waals surface area (Å²) in [7, 11) is 0. The fourth-order valence-electron chi connectivity index (χ4n) is 1.22. The number of nitrogens with two attached hydrogens (primary N) is 1. The van der Waals surface area contributed by atoms with Gasteiger partial charge in [-0.25, -0.2) is 4.98 Å². The van der Waals surface area contributed by atoms with Gasteiger partial charge < -0.3 is 11.1 Å². The predicted octanol–water partition coefficient (Wildman–Crippen LogP) is 0.743. The van der Waals surface area contributed by atoms with E-state index in [1.807, 2.05) is 13.0 Å². The van der Waals surface area contributed by atoms with E-state index >= 15 is 0 Å². The first-order valence-corrected chi connectivity index (χ1v) is 4.15. The van der Waals surface area contributed by atoms with Crippen LogP contribution in [0, 0.1) is 0 Å². The molecular formula is C8H11N5. The van der Waals surface area contributed by atoms with Gasteiger partial charge in [0.1, 0.15) is 5.82 Å². The van der Waals surface area contributed by atoms with Crippen LogP contribution in [0.3, 0.4) is 0 Å². The fourth-order valence-corrected chi connectivity index (χ4v) is 1.22. The summed E-state index contributed by atoms with van der Waals surface area (Å²) in [6, 6.07) is 1.86. The number of nitrogens with zero attached hydrogens (tertiary/aromatic N) is 3. The molecule has 5 heteroatoms. The predicted molar refractivity (Wildman–Crippen MR) is 51.6 cm³/mol. The number of rotatable bonds is 2. The molecule has 0 saturated carbocycles. The third-order valence-corrected chi connectivity index (χ3v) is 1.79. The minimum absolute atomic E-state index is 0.597. The summed E-state index contributed by atoms with van der Waals surface area (Å²) in [6.45, 7) is 2.87. The van der Waals surface area contributed by atoms with Crippen molar-refractivity contribution in [2.24, 2.45) is 0 Å². The Morgan fingerprint density at radius 2 is 2.46 bits per heavy atom. The molecule has 0 aliphatic rings. The largest absolute Gasteiger partial charge is 0.394 e. The number of nitrogen functional groups attached to an aromatic ring is 1. The molecule has 0 atom stereocenters. The van der Waals surface area contributed by atoms with E-state index in [1.165, 1.54) is 0 Å². The molecule has 2 rings (SSSR count). The zero-order chi connectivity index (χ0) is 9.26. The van der Waals surface area contributed by atoms with E-state index < -0.39 is 0 Å². The highest BCUT2D eigenvalue weighted by molar-refractivity contribution is 5.65. The SMILES string of the molecule is CCNc1ccnc2c(N)cnn12. The summed E-state index contributed by atoms with van der Waals surface area (Å²) in [6.07, 6.45) is 3.31. The van der Waals surface area contributed by atoms with E-state index in [1.54, 1.807) is 16.9 Å². The second-order valence-electron chi connectivity index (χ2n) is 2.70. The smallest absolute Gasteiger partial charge is 0.180 e. The van der Waals surface area contributed by atoms with Crippen molar-refractivity contribution in [3.63, 3.8) is 0 Å². The van der Waals surface area contributed by atoms with Crippen molar-refractivity contribution in [1.29, 1.82) is 0 Å². The van der Waals surface area contributed by atoms with Crippen molar-refractivity contribution < 1.29 is 0 Å². The molecule has 5 nitrogen and oxygen atoms in total. The summed E-state index contributed by atoms with van der Waals surface area (Å²) in [5.41, 5.74) is 6.96. The van der Waals surface area contributed by atoms with E-state index in [9.17, 15) is 0 Å². The second-order valence-corrected chi connectivity index (χ2v) is 2.70. The zero-order valence-electron chi connectivity index (χ0n) is 7.36. The Kier molecular flexibility index (Phi) is 1.77. The topological polar surface area (TPSA) is 68.2 Å². The Morgan fingerprint density at radius 1 is 1.62 bits per heavy atom. The maximum atomic E-state index is 5.67. The molecule has 0 aliphatic heterocycles. The quantitative estimate of drug-likeness (QED) is 0.710. The van der Waals surface area contributed by atoms with Crippen LogP contribution in [-0.2, 0) is 0 Å². The van der Waals surface area contributed by atoms with Crippen molar-refractivity contribution in [2.45, 2.75) is 6.92 Å². The van der Waals surface area contributed by atoms with E-state index in [2.05, 4.69) is 15.4 Å². The lowest BCUT2D eigenvalue weighted by atomic mass is 10.5. The maximum absolute atomic E-state index is 5.67. The van der Waals surface area contributed by atoms with Crippen LogP contribution < -0.4 is 11.1 Å². The van der Waals surface area contributed by atoms with Crippen molar-refractivity contribution in [3.05, 3.63) is 18.5 Å². The highest BCUT2D eigenvalue weighted by Gasteiger charge is 2.03. The number of fused-ring (bicyclic) bond motifs is 1. The van der Waals surface area contributed by atoms with E-state index in [4.69, 9.17) is 5.73 Å². The molecule has 0 amide bonds. The summed E-state index contributed by atoms with van der Waals surface area (Å²) >= 11 is 0. The zero-order valence-corrected chi connectivity index (χ0v) is 7.36. The molecule has 0 saturated heterocycles. The molecule has 0 bridgehead atoms. The van der Waals surface area contributed by atoms with Crippen LogP contribution in [0.5, 0.6) is 0 Å². The Hall–Kier alpha value is -1.78. The van der Waals surface area contributed by atoms with Gasteiger partial charge in [-0.2, -0.15) is 9.61 Å². The van der Waals surface area contributed by atoms with Crippen LogP contribution in [0.15, 0.2) is 18.5 Å². The van der Waals surface area contributed by atoms with Gasteiger partial charge in [0.05, 0.1) is 11.9 Å². The first-order chi connectivity index (χ1) is 6.33. The molecule has 68 valence electrons. The minimum atomic E-state index is 0.597. The molecule has 0 fully saturated rings. The Morgan fingerprint density at radius 3 is 3.23 bits per heavy atom. The molecule has 0 radical (unpaired) electrons. The normalized spacial score (nSPS) is 10.5. The number of nitrogens with one attached hydrogen (secondary N) is 1. The van der Waals surface area contributed by atoms with Crippen LogP contribution in [-0.4, -0.2) is 21.1 Å². The van der Waals surface area contributed by atoms with Crippen molar-refractivity contribution in [1.82, 2.24) is 14.6 Å². The van der Waals surface area contributed by atoms with Gasteiger partial charge in [0.25, 0.3) is 0 Å². The molecule has 2 heterocycles. The van der Waals surface area contributed by atoms with Crippen LogP contribution in [0.2, 0.25) is 0 Å². The highest BCUT2D eigenvalue weighted by Crippen LogP contribution is 2.13. The lowest BCUT2D eigenvalue weighted by Gasteiger charge is -2.04. The van der Waals surface area contributed by atoms with Gasteiger partial charge in [0.2, 0.25) is 0 Å². The number of hydrogen-bond donors (Lipinski definition) is 2. The van der Waals surface area contributed by atoms with Crippen LogP contribution in [0.1, 0.15) is 6.92 Å². The molecular weight excluding hydrogens is 166 g/mol. The van der Waals surface area contributed by atoms with Gasteiger partial charge in [-0.15, -0.1) is 0 Å². The molecule has 0 spiro atoms. The van der Waals surface area contributed by atoms with Crippen molar-refractivity contribution in [2.75, 3.05) is 17.6 Å². The van der Waals surface area contributed by atoms with E-state index in [0.717, 1.165) is 12.4 Å². The Labute approximate surface area is 75.6 Å². The minimum Gasteiger partial charge on any atom is -0.394 e. The molecule has 2 aromatic heterocycles. The third-order valence-electron chi connectivity index (χ3n) is 1.79. The Balaban J connectivity index is 2.63. The molecule has 2 aromatic rings. The maximum Gasteiger partial charge on any atom is 0.180 e. The van der Waals surface area contributed by atoms with Crippen LogP contribution in [0.4, 0.5) is 11.5 Å². The monoisotopic (exact) mass is 177 g/mol. The average molecular weight is 177 g/mol. The van der Waals surface area contributed by atoms with Gasteiger partial charge >= 0.3 is 0 Å². The standard InChI is InChI=1S/C8H11N5/c1-2-10-7-3-4-11-8-6(9)5-12-13(7)8/h3-5,10H,2,9H2,1H3. The van der Waals surface area contributed by atoms with Crippen LogP contribution in [0.25, 0.3) is 5.65 Å². The van der Waals surface area contributed by atoms with Gasteiger partial charge in [-0.05, 0) is 13.0 Å². The summed E-state index contributed by atoms with van der Waals surface area (Å²) < 4.78 is 1.69. The van der Waals surface area contributed by atoms with Gasteiger partial charge in [-0.3, -0.25) is 0 Å². The molecule has 3 N–H and O–H groups in total. The fraction of sp³-hybridized carbons (Fsp3) is 0.250. The molecule has 0 unspecified atom stereocenters. The van der Waals surface area contributed by atoms with Crippen LogP contribution >= 0.6 is 0 Å². The van der Waals surface area contributed by atoms with Gasteiger partial charge in [0, 0.05) is 12.7 Å². The third kappa shape index (κ3) is 1.18. The van der Waals surface area contributed by atoms with Crippen molar-refractivity contribution in [3.8, 4) is 0 Å². The number of hydrogen-bond acceptors (Lipinski definition) is 4. The average Bonchev–Trinajstić information content (AvgIpc) is 2.50. The van der Waals surface area contributed by atoms with Gasteiger partial charge in [-0.1, -0.05) is 0 Å². The highest BCUT2D eigenvalue weighted by atomic mass is 15.3. The molecule has 13 heavy (non-hydrogen) atoms. The molecule has 0 aliphatic carbocycles. The molecule has 0 aromatic carbocycles. The summed E-state index contributed by atoms with van der Waals surface area (Å²) in [5.74, 6) is 0.907. The van der Waals surface area contributed by atoms with E-state index in [-0.39, 0.29) is 0 Å². The summed E-state index contributed by atoms with van der Waals surface area (Å²) in [4.78, 5) is 4.12. The first-order valence-electron chi connectivity index (χ1n) is 4.15. The number of aromatic nitrogens is 3. The van der Waals surface area contributed by atoms with Gasteiger partial charge in [0.15, 0.2) is 5.65 Å². The second kappa shape index (κ2) is 2.93. The first kappa shape index (κ1) is 7.85. The number of anilines is 2. The lowest BCUT2D eigenvalue weighted by molar-refractivity contribution is 0.932. The Bertz CT molecular complexity index is 419. The summed E-state index contributed by atoms with van der Waals surface area (Å²) in [5, 5.41) is 7.27.